The van der Waals surface area contributed by atoms with Crippen molar-refractivity contribution in [3.63, 3.8) is 0 Å². The zero-order chi connectivity index (χ0) is 19.6. The summed E-state index contributed by atoms with van der Waals surface area (Å²) in [7, 11) is 0. The van der Waals surface area contributed by atoms with E-state index in [9.17, 15) is 0 Å². The van der Waals surface area contributed by atoms with Gasteiger partial charge in [-0.15, -0.1) is 0 Å². The summed E-state index contributed by atoms with van der Waals surface area (Å²) in [6.45, 7) is 0. The zero-order valence-electron chi connectivity index (χ0n) is 16.0. The molecule has 5 aromatic carbocycles. The van der Waals surface area contributed by atoms with Gasteiger partial charge in [-0.2, -0.15) is 0 Å². The summed E-state index contributed by atoms with van der Waals surface area (Å²) in [5, 5.41) is 4.78. The Morgan fingerprint density at radius 2 is 1.00 bits per heavy atom. The lowest BCUT2D eigenvalue weighted by Crippen LogP contribution is -1.90. The Hall–Kier alpha value is -3.84. The zero-order valence-corrected chi connectivity index (χ0v) is 16.0. The molecule has 0 radical (unpaired) electrons. The monoisotopic (exact) mass is 371 g/mol. The van der Waals surface area contributed by atoms with Crippen LogP contribution in [-0.2, 0) is 0 Å². The van der Waals surface area contributed by atoms with Crippen LogP contribution in [0.25, 0.3) is 44.8 Å². The predicted octanol–water partition coefficient (Wildman–Crippen LogP) is 7.41. The van der Waals surface area contributed by atoms with Crippen molar-refractivity contribution in [3.05, 3.63) is 114 Å². The van der Waals surface area contributed by atoms with Gasteiger partial charge in [-0.3, -0.25) is 0 Å². The van der Waals surface area contributed by atoms with Gasteiger partial charge in [-0.1, -0.05) is 109 Å². The van der Waals surface area contributed by atoms with Crippen LogP contribution in [0.4, 0.5) is 5.69 Å². The lowest BCUT2D eigenvalue weighted by Gasteiger charge is -2.13. The fourth-order valence-electron chi connectivity index (χ4n) is 4.01. The van der Waals surface area contributed by atoms with Gasteiger partial charge in [-0.05, 0) is 44.5 Å². The molecule has 0 aliphatic rings. The lowest BCUT2D eigenvalue weighted by atomic mass is 9.91. The van der Waals surface area contributed by atoms with Gasteiger partial charge in [-0.25, -0.2) is 0 Å². The van der Waals surface area contributed by atoms with Gasteiger partial charge in [0.1, 0.15) is 0 Å². The van der Waals surface area contributed by atoms with E-state index in [2.05, 4.69) is 97.1 Å². The molecule has 0 aromatic heterocycles. The van der Waals surface area contributed by atoms with Crippen LogP contribution in [0.5, 0.6) is 0 Å². The predicted molar refractivity (Wildman–Crippen MR) is 127 cm³/mol. The van der Waals surface area contributed by atoms with Crippen molar-refractivity contribution in [2.24, 2.45) is 0 Å². The fourth-order valence-corrected chi connectivity index (χ4v) is 4.01. The number of anilines is 1. The first kappa shape index (κ1) is 17.3. The van der Waals surface area contributed by atoms with Crippen molar-refractivity contribution in [2.75, 3.05) is 5.73 Å². The molecule has 0 bridgehead atoms. The molecule has 0 fully saturated rings. The molecule has 1 heteroatoms. The van der Waals surface area contributed by atoms with Crippen LogP contribution in [0.3, 0.4) is 0 Å². The smallest absolute Gasteiger partial charge is 0.0394 e. The minimum Gasteiger partial charge on any atom is -0.398 e. The third-order valence-corrected chi connectivity index (χ3v) is 5.46. The van der Waals surface area contributed by atoms with Crippen molar-refractivity contribution in [2.45, 2.75) is 0 Å². The molecule has 0 heterocycles. The summed E-state index contributed by atoms with van der Waals surface area (Å²) < 4.78 is 0. The van der Waals surface area contributed by atoms with Crippen LogP contribution in [0.2, 0.25) is 0 Å². The third-order valence-electron chi connectivity index (χ3n) is 5.46. The highest BCUT2D eigenvalue weighted by atomic mass is 14.5. The molecular formula is C28H21N. The quantitative estimate of drug-likeness (QED) is 0.259. The third kappa shape index (κ3) is 3.17. The minimum absolute atomic E-state index is 0.816. The van der Waals surface area contributed by atoms with E-state index in [1.54, 1.807) is 0 Å². The van der Waals surface area contributed by atoms with Crippen molar-refractivity contribution < 1.29 is 0 Å². The van der Waals surface area contributed by atoms with E-state index < -0.39 is 0 Å². The maximum absolute atomic E-state index is 6.23. The normalized spacial score (nSPS) is 11.4. The number of nitrogens with two attached hydrogens (primary N) is 1. The van der Waals surface area contributed by atoms with Crippen LogP contribution in [0.1, 0.15) is 11.1 Å². The van der Waals surface area contributed by atoms with E-state index in [4.69, 9.17) is 5.73 Å². The van der Waals surface area contributed by atoms with Crippen molar-refractivity contribution in [1.82, 2.24) is 0 Å². The molecule has 1 nitrogen and oxygen atoms in total. The highest BCUT2D eigenvalue weighted by Gasteiger charge is 2.10. The molecule has 0 spiro atoms. The molecule has 138 valence electrons. The van der Waals surface area contributed by atoms with E-state index in [-0.39, 0.29) is 0 Å². The molecule has 0 unspecified atom stereocenters. The summed E-state index contributed by atoms with van der Waals surface area (Å²) in [4.78, 5) is 0. The SMILES string of the molecule is Nc1ccc(-c2ccc(C=Cc3ccccc3)c3ccccc23)c2ccccc12. The van der Waals surface area contributed by atoms with Gasteiger partial charge in [0.2, 0.25) is 0 Å². The first-order valence-corrected chi connectivity index (χ1v) is 9.84. The number of fused-ring (bicyclic) bond motifs is 2. The Morgan fingerprint density at radius 3 is 1.72 bits per heavy atom. The first-order chi connectivity index (χ1) is 14.3. The van der Waals surface area contributed by atoms with Gasteiger partial charge in [0, 0.05) is 11.1 Å². The number of hydrogen-bond donors (Lipinski definition) is 1. The van der Waals surface area contributed by atoms with Crippen molar-refractivity contribution in [1.29, 1.82) is 0 Å². The lowest BCUT2D eigenvalue weighted by molar-refractivity contribution is 1.65. The number of benzene rings is 5. The van der Waals surface area contributed by atoms with E-state index in [0.29, 0.717) is 0 Å². The van der Waals surface area contributed by atoms with Gasteiger partial charge < -0.3 is 5.73 Å². The first-order valence-electron chi connectivity index (χ1n) is 9.84. The highest BCUT2D eigenvalue weighted by Crippen LogP contribution is 2.37. The van der Waals surface area contributed by atoms with Gasteiger partial charge in [0.15, 0.2) is 0 Å². The van der Waals surface area contributed by atoms with Crippen LogP contribution < -0.4 is 5.73 Å². The summed E-state index contributed by atoms with van der Waals surface area (Å²) >= 11 is 0. The van der Waals surface area contributed by atoms with E-state index in [0.717, 1.165) is 11.1 Å². The highest BCUT2D eigenvalue weighted by molar-refractivity contribution is 6.10. The minimum atomic E-state index is 0.816. The van der Waals surface area contributed by atoms with E-state index in [1.165, 1.54) is 38.4 Å². The number of hydrogen-bond acceptors (Lipinski definition) is 1. The second kappa shape index (κ2) is 7.29. The van der Waals surface area contributed by atoms with Crippen molar-refractivity contribution >= 4 is 39.4 Å². The number of nitrogen functional groups attached to an aromatic ring is 1. The molecule has 5 aromatic rings. The molecule has 29 heavy (non-hydrogen) atoms. The second-order valence-electron chi connectivity index (χ2n) is 7.24. The largest absolute Gasteiger partial charge is 0.398 e. The summed E-state index contributed by atoms with van der Waals surface area (Å²) in [6.07, 6.45) is 4.36. The standard InChI is InChI=1S/C28H21N/c29-28-19-18-26(24-12-6-7-13-27(24)28)25-17-16-21(22-10-4-5-11-23(22)25)15-14-20-8-2-1-3-9-20/h1-19H,29H2. The Kier molecular flexibility index (Phi) is 4.34. The topological polar surface area (TPSA) is 26.0 Å². The van der Waals surface area contributed by atoms with Crippen LogP contribution in [-0.4, -0.2) is 0 Å². The molecule has 5 rings (SSSR count). The summed E-state index contributed by atoms with van der Waals surface area (Å²) in [5.41, 5.74) is 11.9. The molecule has 2 N–H and O–H groups in total. The summed E-state index contributed by atoms with van der Waals surface area (Å²) in [6, 6.07) is 36.0. The van der Waals surface area contributed by atoms with E-state index >= 15 is 0 Å². The Labute approximate surface area is 170 Å². The molecular weight excluding hydrogens is 350 g/mol. The maximum Gasteiger partial charge on any atom is 0.0394 e. The molecule has 0 aliphatic heterocycles. The average molecular weight is 371 g/mol. The fraction of sp³-hybridized carbons (Fsp3) is 0. The van der Waals surface area contributed by atoms with Gasteiger partial charge in [0.25, 0.3) is 0 Å². The Balaban J connectivity index is 1.70. The van der Waals surface area contributed by atoms with E-state index in [1.807, 2.05) is 18.2 Å². The molecule has 0 atom stereocenters. The second-order valence-corrected chi connectivity index (χ2v) is 7.24. The molecule has 0 saturated carbocycles. The van der Waals surface area contributed by atoms with Crippen LogP contribution in [0.15, 0.2) is 103 Å². The molecule has 0 amide bonds. The Morgan fingerprint density at radius 1 is 0.448 bits per heavy atom. The van der Waals surface area contributed by atoms with Crippen LogP contribution in [0, 0.1) is 0 Å². The average Bonchev–Trinajstić information content (AvgIpc) is 2.79. The van der Waals surface area contributed by atoms with Crippen molar-refractivity contribution in [3.8, 4) is 11.1 Å². The van der Waals surface area contributed by atoms with Gasteiger partial charge >= 0.3 is 0 Å². The maximum atomic E-state index is 6.23. The Bertz CT molecular complexity index is 1350. The van der Waals surface area contributed by atoms with Crippen LogP contribution >= 0.6 is 0 Å². The molecule has 0 aliphatic carbocycles. The molecule has 0 saturated heterocycles. The summed E-state index contributed by atoms with van der Waals surface area (Å²) in [5.74, 6) is 0. The number of rotatable bonds is 3. The van der Waals surface area contributed by atoms with Gasteiger partial charge in [0.05, 0.1) is 0 Å².